The van der Waals surface area contributed by atoms with E-state index in [1.807, 2.05) is 0 Å². The maximum atomic E-state index is 12.3. The number of hydrogen-bond acceptors (Lipinski definition) is 4. The van der Waals surface area contributed by atoms with E-state index in [9.17, 15) is 19.7 Å². The Morgan fingerprint density at radius 3 is 2.45 bits per heavy atom. The molecule has 116 valence electrons. The Hall–Kier alpha value is -2.70. The standard InChI is InChI=1S/C15H16N2O5/c1-9-6-7-10(17(21)22)8-13(9)16-14(18)11-4-2-3-5-12(11)15(19)20/h6-8H,2-5H2,1H3,(H,16,18)(H,19,20). The third-order valence-corrected chi connectivity index (χ3v) is 3.68. The molecule has 0 aromatic heterocycles. The van der Waals surface area contributed by atoms with Crippen molar-refractivity contribution in [1.29, 1.82) is 0 Å². The van der Waals surface area contributed by atoms with Crippen molar-refractivity contribution in [3.05, 3.63) is 45.0 Å². The zero-order valence-corrected chi connectivity index (χ0v) is 12.1. The summed E-state index contributed by atoms with van der Waals surface area (Å²) in [5, 5.41) is 22.6. The van der Waals surface area contributed by atoms with Crippen molar-refractivity contribution in [2.24, 2.45) is 0 Å². The maximum Gasteiger partial charge on any atom is 0.332 e. The first-order chi connectivity index (χ1) is 10.4. The minimum Gasteiger partial charge on any atom is -0.478 e. The lowest BCUT2D eigenvalue weighted by Gasteiger charge is -2.17. The Kier molecular flexibility index (Phi) is 4.55. The van der Waals surface area contributed by atoms with E-state index >= 15 is 0 Å². The molecule has 0 fully saturated rings. The van der Waals surface area contributed by atoms with Crippen LogP contribution in [0.1, 0.15) is 31.2 Å². The van der Waals surface area contributed by atoms with E-state index in [2.05, 4.69) is 5.32 Å². The fourth-order valence-corrected chi connectivity index (χ4v) is 2.45. The van der Waals surface area contributed by atoms with Crippen LogP contribution in [-0.4, -0.2) is 21.9 Å². The number of hydrogen-bond donors (Lipinski definition) is 2. The van der Waals surface area contributed by atoms with Gasteiger partial charge >= 0.3 is 5.97 Å². The molecule has 0 atom stereocenters. The van der Waals surface area contributed by atoms with Crippen LogP contribution in [0.5, 0.6) is 0 Å². The van der Waals surface area contributed by atoms with Crippen molar-refractivity contribution in [2.45, 2.75) is 32.6 Å². The summed E-state index contributed by atoms with van der Waals surface area (Å²) in [6, 6.07) is 4.17. The molecule has 7 heteroatoms. The number of nitro benzene ring substituents is 1. The summed E-state index contributed by atoms with van der Waals surface area (Å²) >= 11 is 0. The number of carboxylic acids is 1. The van der Waals surface area contributed by atoms with Crippen molar-refractivity contribution in [1.82, 2.24) is 0 Å². The number of carbonyl (C=O) groups excluding carboxylic acids is 1. The highest BCUT2D eigenvalue weighted by Crippen LogP contribution is 2.27. The van der Waals surface area contributed by atoms with Crippen LogP contribution in [0, 0.1) is 17.0 Å². The van der Waals surface area contributed by atoms with Gasteiger partial charge in [-0.05, 0) is 38.2 Å². The van der Waals surface area contributed by atoms with Crippen LogP contribution < -0.4 is 5.32 Å². The Labute approximate surface area is 126 Å². The predicted octanol–water partition coefficient (Wildman–Crippen LogP) is 2.80. The number of rotatable bonds is 4. The fourth-order valence-electron chi connectivity index (χ4n) is 2.45. The topological polar surface area (TPSA) is 110 Å². The van der Waals surface area contributed by atoms with Crippen LogP contribution in [0.3, 0.4) is 0 Å². The molecule has 22 heavy (non-hydrogen) atoms. The zero-order chi connectivity index (χ0) is 16.3. The predicted molar refractivity (Wildman–Crippen MR) is 79.6 cm³/mol. The molecule has 2 N–H and O–H groups in total. The molecular formula is C15H16N2O5. The monoisotopic (exact) mass is 304 g/mol. The molecular weight excluding hydrogens is 288 g/mol. The van der Waals surface area contributed by atoms with Gasteiger partial charge in [0, 0.05) is 23.3 Å². The van der Waals surface area contributed by atoms with E-state index < -0.39 is 16.8 Å². The van der Waals surface area contributed by atoms with Crippen molar-refractivity contribution in [3.8, 4) is 0 Å². The molecule has 1 aliphatic carbocycles. The number of carboxylic acid groups (broad SMARTS) is 1. The van der Waals surface area contributed by atoms with Gasteiger partial charge < -0.3 is 10.4 Å². The van der Waals surface area contributed by atoms with Gasteiger partial charge in [-0.25, -0.2) is 4.79 Å². The third kappa shape index (κ3) is 3.30. The molecule has 0 saturated heterocycles. The lowest BCUT2D eigenvalue weighted by atomic mass is 9.91. The Morgan fingerprint density at radius 1 is 1.23 bits per heavy atom. The number of nitrogens with zero attached hydrogens (tertiary/aromatic N) is 1. The molecule has 2 rings (SSSR count). The highest BCUT2D eigenvalue weighted by atomic mass is 16.6. The number of non-ortho nitro benzene ring substituents is 1. The lowest BCUT2D eigenvalue weighted by Crippen LogP contribution is -2.21. The number of amides is 1. The fraction of sp³-hybridized carbons (Fsp3) is 0.333. The average Bonchev–Trinajstić information content (AvgIpc) is 2.49. The SMILES string of the molecule is Cc1ccc([N+](=O)[O-])cc1NC(=O)C1=C(C(=O)O)CCCC1. The molecule has 1 aliphatic rings. The van der Waals surface area contributed by atoms with Gasteiger partial charge in [0.15, 0.2) is 0 Å². The van der Waals surface area contributed by atoms with Gasteiger partial charge in [-0.3, -0.25) is 14.9 Å². The van der Waals surface area contributed by atoms with Crippen molar-refractivity contribution >= 4 is 23.3 Å². The van der Waals surface area contributed by atoms with Gasteiger partial charge in [-0.2, -0.15) is 0 Å². The molecule has 7 nitrogen and oxygen atoms in total. The van der Waals surface area contributed by atoms with Crippen molar-refractivity contribution in [2.75, 3.05) is 5.32 Å². The smallest absolute Gasteiger partial charge is 0.332 e. The van der Waals surface area contributed by atoms with E-state index in [0.717, 1.165) is 12.8 Å². The Morgan fingerprint density at radius 2 is 1.86 bits per heavy atom. The molecule has 0 aliphatic heterocycles. The number of benzene rings is 1. The zero-order valence-electron chi connectivity index (χ0n) is 12.1. The minimum absolute atomic E-state index is 0.128. The Balaban J connectivity index is 2.30. The summed E-state index contributed by atoms with van der Waals surface area (Å²) in [4.78, 5) is 33.8. The number of nitro groups is 1. The Bertz CT molecular complexity index is 679. The van der Waals surface area contributed by atoms with Crippen LogP contribution in [-0.2, 0) is 9.59 Å². The molecule has 1 amide bonds. The van der Waals surface area contributed by atoms with Gasteiger partial charge in [-0.15, -0.1) is 0 Å². The first-order valence-electron chi connectivity index (χ1n) is 6.92. The van der Waals surface area contributed by atoms with Crippen LogP contribution in [0.4, 0.5) is 11.4 Å². The van der Waals surface area contributed by atoms with E-state index in [-0.39, 0.29) is 16.8 Å². The number of anilines is 1. The molecule has 0 unspecified atom stereocenters. The highest BCUT2D eigenvalue weighted by Gasteiger charge is 2.24. The quantitative estimate of drug-likeness (QED) is 0.656. The van der Waals surface area contributed by atoms with Gasteiger partial charge in [0.2, 0.25) is 0 Å². The molecule has 0 radical (unpaired) electrons. The first kappa shape index (κ1) is 15.7. The minimum atomic E-state index is -1.08. The largest absolute Gasteiger partial charge is 0.478 e. The van der Waals surface area contributed by atoms with Crippen LogP contribution in [0.15, 0.2) is 29.3 Å². The van der Waals surface area contributed by atoms with Gasteiger partial charge in [0.05, 0.1) is 10.6 Å². The normalized spacial score (nSPS) is 14.6. The molecule has 0 heterocycles. The molecule has 0 saturated carbocycles. The molecule has 1 aromatic rings. The average molecular weight is 304 g/mol. The number of aliphatic carboxylic acids is 1. The lowest BCUT2D eigenvalue weighted by molar-refractivity contribution is -0.384. The molecule has 1 aromatic carbocycles. The number of aryl methyl sites for hydroxylation is 1. The van der Waals surface area contributed by atoms with Gasteiger partial charge in [0.25, 0.3) is 11.6 Å². The third-order valence-electron chi connectivity index (χ3n) is 3.68. The van der Waals surface area contributed by atoms with Crippen molar-refractivity contribution < 1.29 is 19.6 Å². The summed E-state index contributed by atoms with van der Waals surface area (Å²) < 4.78 is 0. The second-order valence-electron chi connectivity index (χ2n) is 5.18. The van der Waals surface area contributed by atoms with Crippen LogP contribution in [0.2, 0.25) is 0 Å². The van der Waals surface area contributed by atoms with Gasteiger partial charge in [-0.1, -0.05) is 6.07 Å². The van der Waals surface area contributed by atoms with E-state index in [0.29, 0.717) is 24.1 Å². The van der Waals surface area contributed by atoms with Crippen LogP contribution in [0.25, 0.3) is 0 Å². The number of carbonyl (C=O) groups is 2. The second-order valence-corrected chi connectivity index (χ2v) is 5.18. The maximum absolute atomic E-state index is 12.3. The number of nitrogens with one attached hydrogen (secondary N) is 1. The van der Waals surface area contributed by atoms with Crippen LogP contribution >= 0.6 is 0 Å². The first-order valence-corrected chi connectivity index (χ1v) is 6.92. The summed E-state index contributed by atoms with van der Waals surface area (Å²) in [6.07, 6.45) is 2.27. The van der Waals surface area contributed by atoms with E-state index in [1.165, 1.54) is 12.1 Å². The summed E-state index contributed by atoms with van der Waals surface area (Å²) in [7, 11) is 0. The second kappa shape index (κ2) is 6.38. The van der Waals surface area contributed by atoms with E-state index in [1.54, 1.807) is 13.0 Å². The molecule has 0 bridgehead atoms. The molecule has 0 spiro atoms. The van der Waals surface area contributed by atoms with Crippen molar-refractivity contribution in [3.63, 3.8) is 0 Å². The van der Waals surface area contributed by atoms with E-state index in [4.69, 9.17) is 5.11 Å². The van der Waals surface area contributed by atoms with Gasteiger partial charge in [0.1, 0.15) is 0 Å². The highest BCUT2D eigenvalue weighted by molar-refractivity contribution is 6.09. The summed E-state index contributed by atoms with van der Waals surface area (Å²) in [6.45, 7) is 1.71. The summed E-state index contributed by atoms with van der Waals surface area (Å²) in [5.41, 5.74) is 1.25. The summed E-state index contributed by atoms with van der Waals surface area (Å²) in [5.74, 6) is -1.58.